The SMILES string of the molecule is FC1(F)CC=C(S)CC1. The largest absolute Gasteiger partial charge is 0.251 e. The maximum Gasteiger partial charge on any atom is 0.251 e. The lowest BCUT2D eigenvalue weighted by Gasteiger charge is -2.18. The van der Waals surface area contributed by atoms with E-state index in [9.17, 15) is 8.78 Å². The van der Waals surface area contributed by atoms with Gasteiger partial charge in [0.05, 0.1) is 0 Å². The van der Waals surface area contributed by atoms with Crippen molar-refractivity contribution in [3.63, 3.8) is 0 Å². The summed E-state index contributed by atoms with van der Waals surface area (Å²) < 4.78 is 24.6. The Morgan fingerprint density at radius 1 is 1.56 bits per heavy atom. The van der Waals surface area contributed by atoms with Crippen molar-refractivity contribution >= 4 is 12.6 Å². The highest BCUT2D eigenvalue weighted by Crippen LogP contribution is 2.32. The summed E-state index contributed by atoms with van der Waals surface area (Å²) in [5, 5.41) is 0. The Morgan fingerprint density at radius 3 is 2.56 bits per heavy atom. The average Bonchev–Trinajstić information content (AvgIpc) is 1.78. The second-order valence-corrected chi connectivity index (χ2v) is 2.83. The molecule has 0 fully saturated rings. The summed E-state index contributed by atoms with van der Waals surface area (Å²) in [5.41, 5.74) is 0. The van der Waals surface area contributed by atoms with Gasteiger partial charge in [-0.2, -0.15) is 0 Å². The molecule has 1 aliphatic carbocycles. The number of allylic oxidation sites excluding steroid dienone is 2. The van der Waals surface area contributed by atoms with E-state index < -0.39 is 5.92 Å². The van der Waals surface area contributed by atoms with Crippen LogP contribution in [0.3, 0.4) is 0 Å². The van der Waals surface area contributed by atoms with E-state index in [4.69, 9.17) is 0 Å². The highest BCUT2D eigenvalue weighted by atomic mass is 32.1. The summed E-state index contributed by atoms with van der Waals surface area (Å²) in [6.07, 6.45) is 1.75. The molecule has 0 aromatic carbocycles. The zero-order chi connectivity index (χ0) is 6.91. The van der Waals surface area contributed by atoms with Crippen LogP contribution in [0.4, 0.5) is 8.78 Å². The monoisotopic (exact) mass is 150 g/mol. The predicted molar refractivity (Wildman–Crippen MR) is 35.9 cm³/mol. The van der Waals surface area contributed by atoms with E-state index in [-0.39, 0.29) is 12.8 Å². The molecule has 0 N–H and O–H groups in total. The molecule has 0 aromatic rings. The standard InChI is InChI=1S/C6H8F2S/c7-6(8)3-1-5(9)2-4-6/h1,9H,2-4H2. The first-order valence-corrected chi connectivity index (χ1v) is 3.31. The Morgan fingerprint density at radius 2 is 2.22 bits per heavy atom. The third-order valence-corrected chi connectivity index (χ3v) is 1.79. The zero-order valence-corrected chi connectivity index (χ0v) is 5.80. The average molecular weight is 150 g/mol. The van der Waals surface area contributed by atoms with Crippen LogP contribution in [0.2, 0.25) is 0 Å². The van der Waals surface area contributed by atoms with Gasteiger partial charge >= 0.3 is 0 Å². The molecule has 0 amide bonds. The first-order valence-electron chi connectivity index (χ1n) is 2.86. The molecule has 52 valence electrons. The van der Waals surface area contributed by atoms with Gasteiger partial charge in [0.15, 0.2) is 0 Å². The topological polar surface area (TPSA) is 0 Å². The van der Waals surface area contributed by atoms with Crippen molar-refractivity contribution < 1.29 is 8.78 Å². The fourth-order valence-electron chi connectivity index (χ4n) is 0.782. The van der Waals surface area contributed by atoms with Crippen molar-refractivity contribution in [2.75, 3.05) is 0 Å². The van der Waals surface area contributed by atoms with Crippen LogP contribution in [-0.4, -0.2) is 5.92 Å². The minimum Gasteiger partial charge on any atom is -0.207 e. The minimum absolute atomic E-state index is 0.0394. The number of hydrogen-bond donors (Lipinski definition) is 1. The highest BCUT2D eigenvalue weighted by molar-refractivity contribution is 7.84. The summed E-state index contributed by atoms with van der Waals surface area (Å²) >= 11 is 3.97. The van der Waals surface area contributed by atoms with E-state index in [1.807, 2.05) is 0 Å². The third-order valence-electron chi connectivity index (χ3n) is 1.38. The Kier molecular flexibility index (Phi) is 1.80. The van der Waals surface area contributed by atoms with Crippen LogP contribution < -0.4 is 0 Å². The van der Waals surface area contributed by atoms with Gasteiger partial charge in [-0.25, -0.2) is 8.78 Å². The molecular formula is C6H8F2S. The van der Waals surface area contributed by atoms with Crippen LogP contribution in [-0.2, 0) is 0 Å². The van der Waals surface area contributed by atoms with Gasteiger partial charge < -0.3 is 0 Å². The fourth-order valence-corrected chi connectivity index (χ4v) is 0.985. The molecule has 0 unspecified atom stereocenters. The molecule has 0 nitrogen and oxygen atoms in total. The maximum atomic E-state index is 12.3. The van der Waals surface area contributed by atoms with Gasteiger partial charge in [0.25, 0.3) is 5.92 Å². The van der Waals surface area contributed by atoms with Crippen LogP contribution in [0.25, 0.3) is 0 Å². The molecule has 1 rings (SSSR count). The van der Waals surface area contributed by atoms with Gasteiger partial charge in [-0.05, 0) is 11.3 Å². The lowest BCUT2D eigenvalue weighted by molar-refractivity contribution is -0.00761. The molecular weight excluding hydrogens is 142 g/mol. The molecule has 0 aromatic heterocycles. The summed E-state index contributed by atoms with van der Waals surface area (Å²) in [4.78, 5) is 0.793. The third kappa shape index (κ3) is 1.97. The molecule has 0 aliphatic heterocycles. The van der Waals surface area contributed by atoms with E-state index >= 15 is 0 Å². The van der Waals surface area contributed by atoms with Gasteiger partial charge in [-0.15, -0.1) is 12.6 Å². The minimum atomic E-state index is -2.47. The van der Waals surface area contributed by atoms with Crippen molar-refractivity contribution in [3.8, 4) is 0 Å². The molecule has 0 saturated heterocycles. The van der Waals surface area contributed by atoms with Gasteiger partial charge in [0.2, 0.25) is 0 Å². The van der Waals surface area contributed by atoms with Crippen LogP contribution in [0.15, 0.2) is 11.0 Å². The highest BCUT2D eigenvalue weighted by Gasteiger charge is 2.29. The van der Waals surface area contributed by atoms with Crippen LogP contribution in [0, 0.1) is 0 Å². The molecule has 3 heteroatoms. The molecule has 0 heterocycles. The fraction of sp³-hybridized carbons (Fsp3) is 0.667. The molecule has 0 spiro atoms. The van der Waals surface area contributed by atoms with E-state index in [1.165, 1.54) is 6.08 Å². The maximum absolute atomic E-state index is 12.3. The molecule has 0 saturated carbocycles. The van der Waals surface area contributed by atoms with E-state index in [1.54, 1.807) is 0 Å². The summed E-state index contributed by atoms with van der Waals surface area (Å²) in [6.45, 7) is 0. The predicted octanol–water partition coefficient (Wildman–Crippen LogP) is 2.62. The molecule has 9 heavy (non-hydrogen) atoms. The second-order valence-electron chi connectivity index (χ2n) is 2.26. The first-order chi connectivity index (χ1) is 4.10. The summed E-state index contributed by atoms with van der Waals surface area (Å²) in [7, 11) is 0. The van der Waals surface area contributed by atoms with Crippen molar-refractivity contribution in [3.05, 3.63) is 11.0 Å². The van der Waals surface area contributed by atoms with E-state index in [0.717, 1.165) is 4.91 Å². The molecule has 0 atom stereocenters. The Bertz CT molecular complexity index is 140. The van der Waals surface area contributed by atoms with Crippen molar-refractivity contribution in [1.29, 1.82) is 0 Å². The first kappa shape index (κ1) is 7.06. The van der Waals surface area contributed by atoms with Crippen molar-refractivity contribution in [2.45, 2.75) is 25.2 Å². The number of thiol groups is 1. The zero-order valence-electron chi connectivity index (χ0n) is 4.90. The summed E-state index contributed by atoms with van der Waals surface area (Å²) in [6, 6.07) is 0. The van der Waals surface area contributed by atoms with E-state index in [2.05, 4.69) is 12.6 Å². The number of alkyl halides is 2. The molecule has 0 bridgehead atoms. The van der Waals surface area contributed by atoms with Gasteiger partial charge in [0.1, 0.15) is 0 Å². The quantitative estimate of drug-likeness (QED) is 0.504. The normalized spacial score (nSPS) is 25.4. The summed E-state index contributed by atoms with van der Waals surface area (Å²) in [5.74, 6) is -2.47. The van der Waals surface area contributed by atoms with Gasteiger partial charge in [-0.3, -0.25) is 0 Å². The molecule has 1 aliphatic rings. The Labute approximate surface area is 58.4 Å². The molecule has 0 radical (unpaired) electrons. The number of rotatable bonds is 0. The van der Waals surface area contributed by atoms with Crippen molar-refractivity contribution in [2.24, 2.45) is 0 Å². The van der Waals surface area contributed by atoms with Gasteiger partial charge in [-0.1, -0.05) is 6.08 Å². The van der Waals surface area contributed by atoms with E-state index in [0.29, 0.717) is 6.42 Å². The Hall–Kier alpha value is -0.0500. The van der Waals surface area contributed by atoms with Crippen molar-refractivity contribution in [1.82, 2.24) is 0 Å². The van der Waals surface area contributed by atoms with Crippen LogP contribution in [0.1, 0.15) is 19.3 Å². The van der Waals surface area contributed by atoms with Crippen LogP contribution >= 0.6 is 12.6 Å². The lowest BCUT2D eigenvalue weighted by atomic mass is 10.0. The van der Waals surface area contributed by atoms with Gasteiger partial charge in [0, 0.05) is 12.8 Å². The Balaban J connectivity index is 2.56. The smallest absolute Gasteiger partial charge is 0.207 e. The van der Waals surface area contributed by atoms with Crippen LogP contribution in [0.5, 0.6) is 0 Å². The number of hydrogen-bond acceptors (Lipinski definition) is 1. The number of halogens is 2. The lowest BCUT2D eigenvalue weighted by Crippen LogP contribution is -2.17. The second kappa shape index (κ2) is 2.29.